The number of hydrogen-bond donors (Lipinski definition) is 1. The molecule has 4 heterocycles. The van der Waals surface area contributed by atoms with E-state index in [1.807, 2.05) is 29.6 Å². The summed E-state index contributed by atoms with van der Waals surface area (Å²) in [5.41, 5.74) is 2.11. The average molecular weight is 445 g/mol. The van der Waals surface area contributed by atoms with Gasteiger partial charge in [0.2, 0.25) is 5.82 Å². The third-order valence-electron chi connectivity index (χ3n) is 4.59. The van der Waals surface area contributed by atoms with Crippen LogP contribution in [-0.2, 0) is 7.05 Å². The van der Waals surface area contributed by atoms with E-state index in [2.05, 4.69) is 25.5 Å². The monoisotopic (exact) mass is 445 g/mol. The molecule has 0 fully saturated rings. The first-order chi connectivity index (χ1) is 15.6. The number of aryl methyl sites for hydroxylation is 1. The van der Waals surface area contributed by atoms with Crippen LogP contribution in [0.2, 0.25) is 0 Å². The number of hydrogen-bond acceptors (Lipinski definition) is 6. The molecule has 1 N–H and O–H groups in total. The summed E-state index contributed by atoms with van der Waals surface area (Å²) in [6, 6.07) is 15.2. The number of thiophene rings is 1. The summed E-state index contributed by atoms with van der Waals surface area (Å²) in [4.78, 5) is 22.6. The Morgan fingerprint density at radius 2 is 2.00 bits per heavy atom. The zero-order valence-electron chi connectivity index (χ0n) is 16.8. The molecule has 0 aliphatic heterocycles. The number of rotatable bonds is 5. The topological polar surface area (TPSA) is 90.5 Å². The Bertz CT molecular complexity index is 1390. The lowest BCUT2D eigenvalue weighted by molar-refractivity contribution is 0.101. The molecule has 0 unspecified atom stereocenters. The number of halogens is 1. The second kappa shape index (κ2) is 8.16. The summed E-state index contributed by atoms with van der Waals surface area (Å²) in [7, 11) is 1.76. The highest BCUT2D eigenvalue weighted by Crippen LogP contribution is 2.27. The fourth-order valence-electron chi connectivity index (χ4n) is 3.21. The molecule has 158 valence electrons. The fourth-order valence-corrected chi connectivity index (χ4v) is 3.91. The maximum atomic E-state index is 13.8. The molecule has 10 heteroatoms. The van der Waals surface area contributed by atoms with Gasteiger partial charge in [0.25, 0.3) is 5.91 Å². The van der Waals surface area contributed by atoms with Gasteiger partial charge in [0.05, 0.1) is 21.9 Å². The van der Waals surface area contributed by atoms with Crippen LogP contribution in [0.5, 0.6) is 0 Å². The summed E-state index contributed by atoms with van der Waals surface area (Å²) >= 11 is 1.45. The van der Waals surface area contributed by atoms with Gasteiger partial charge in [-0.05, 0) is 41.8 Å². The summed E-state index contributed by atoms with van der Waals surface area (Å²) in [5, 5.41) is 13.5. The van der Waals surface area contributed by atoms with Gasteiger partial charge in [-0.3, -0.25) is 14.5 Å². The predicted octanol–water partition coefficient (Wildman–Crippen LogP) is 4.18. The Kier molecular flexibility index (Phi) is 5.04. The van der Waals surface area contributed by atoms with E-state index in [1.54, 1.807) is 42.3 Å². The minimum atomic E-state index is -0.511. The van der Waals surface area contributed by atoms with Crippen LogP contribution in [0.3, 0.4) is 0 Å². The summed E-state index contributed by atoms with van der Waals surface area (Å²) in [6.45, 7) is 0. The lowest BCUT2D eigenvalue weighted by Gasteiger charge is -2.04. The zero-order chi connectivity index (χ0) is 22.1. The van der Waals surface area contributed by atoms with Crippen LogP contribution in [0.25, 0.3) is 27.8 Å². The molecule has 8 nitrogen and oxygen atoms in total. The molecule has 0 atom stereocenters. The van der Waals surface area contributed by atoms with Crippen molar-refractivity contribution < 1.29 is 9.18 Å². The quantitative estimate of drug-likeness (QED) is 0.438. The van der Waals surface area contributed by atoms with Gasteiger partial charge in [-0.1, -0.05) is 18.2 Å². The normalized spacial score (nSPS) is 10.9. The summed E-state index contributed by atoms with van der Waals surface area (Å²) < 4.78 is 16.9. The van der Waals surface area contributed by atoms with E-state index in [0.717, 1.165) is 4.88 Å². The maximum Gasteiger partial charge on any atom is 0.295 e. The van der Waals surface area contributed by atoms with Gasteiger partial charge in [0.1, 0.15) is 11.5 Å². The Labute approximate surface area is 186 Å². The summed E-state index contributed by atoms with van der Waals surface area (Å²) in [5.74, 6) is -0.514. The van der Waals surface area contributed by atoms with Crippen LogP contribution in [0, 0.1) is 5.82 Å². The highest BCUT2D eigenvalue weighted by molar-refractivity contribution is 7.13. The molecule has 5 rings (SSSR count). The fraction of sp³-hybridized carbons (Fsp3) is 0.0455. The van der Waals surface area contributed by atoms with E-state index < -0.39 is 11.7 Å². The third kappa shape index (κ3) is 3.79. The molecular formula is C22H16FN7OS. The van der Waals surface area contributed by atoms with Crippen LogP contribution in [0.15, 0.2) is 72.4 Å². The number of amides is 1. The zero-order valence-corrected chi connectivity index (χ0v) is 17.6. The highest BCUT2D eigenvalue weighted by Gasteiger charge is 2.22. The third-order valence-corrected chi connectivity index (χ3v) is 5.45. The van der Waals surface area contributed by atoms with Crippen molar-refractivity contribution >= 4 is 22.9 Å². The Hall–Kier alpha value is -4.18. The van der Waals surface area contributed by atoms with Crippen molar-refractivity contribution in [3.63, 3.8) is 0 Å². The van der Waals surface area contributed by atoms with Crippen molar-refractivity contribution in [3.05, 3.63) is 84.0 Å². The minimum Gasteiger partial charge on any atom is -0.316 e. The average Bonchev–Trinajstić information content (AvgIpc) is 3.54. The Morgan fingerprint density at radius 1 is 1.09 bits per heavy atom. The number of nitrogens with one attached hydrogen (secondary N) is 1. The number of aromatic nitrogens is 6. The number of benzene rings is 1. The summed E-state index contributed by atoms with van der Waals surface area (Å²) in [6.07, 6.45) is 3.34. The van der Waals surface area contributed by atoms with E-state index in [4.69, 9.17) is 0 Å². The first-order valence-corrected chi connectivity index (χ1v) is 10.5. The molecule has 0 saturated heterocycles. The Balaban J connectivity index is 1.52. The smallest absolute Gasteiger partial charge is 0.295 e. The van der Waals surface area contributed by atoms with Crippen molar-refractivity contribution in [3.8, 4) is 27.8 Å². The van der Waals surface area contributed by atoms with Crippen LogP contribution < -0.4 is 5.32 Å². The second-order valence-corrected chi connectivity index (χ2v) is 7.81. The molecule has 0 radical (unpaired) electrons. The van der Waals surface area contributed by atoms with Crippen molar-refractivity contribution in [1.82, 2.24) is 29.5 Å². The number of carbonyl (C=O) groups excluding carboxylic acids is 1. The molecule has 1 aromatic carbocycles. The molecule has 0 spiro atoms. The van der Waals surface area contributed by atoms with Gasteiger partial charge in [-0.15, -0.1) is 16.4 Å². The van der Waals surface area contributed by atoms with Crippen molar-refractivity contribution in [2.45, 2.75) is 0 Å². The number of nitrogens with zero attached hydrogens (tertiary/aromatic N) is 6. The molecule has 32 heavy (non-hydrogen) atoms. The van der Waals surface area contributed by atoms with Crippen LogP contribution in [-0.4, -0.2) is 35.4 Å². The minimum absolute atomic E-state index is 0.0477. The van der Waals surface area contributed by atoms with E-state index in [1.165, 1.54) is 28.2 Å². The van der Waals surface area contributed by atoms with E-state index in [9.17, 15) is 9.18 Å². The van der Waals surface area contributed by atoms with Gasteiger partial charge in [0, 0.05) is 19.4 Å². The van der Waals surface area contributed by atoms with Crippen molar-refractivity contribution in [2.75, 3.05) is 5.32 Å². The van der Waals surface area contributed by atoms with Crippen LogP contribution in [0.1, 0.15) is 10.6 Å². The molecule has 1 amide bonds. The molecule has 0 bridgehead atoms. The first-order valence-electron chi connectivity index (χ1n) is 9.62. The number of carbonyl (C=O) groups is 1. The molecular weight excluding hydrogens is 429 g/mol. The Morgan fingerprint density at radius 3 is 2.75 bits per heavy atom. The number of anilines is 1. The lowest BCUT2D eigenvalue weighted by Crippen LogP contribution is -2.14. The highest BCUT2D eigenvalue weighted by atomic mass is 32.1. The van der Waals surface area contributed by atoms with Gasteiger partial charge in [-0.25, -0.2) is 14.1 Å². The molecule has 5 aromatic rings. The SMILES string of the molecule is Cn1cc(NC(=O)c2nc(-c3cccs3)n(-c3cccc(F)c3)n2)c(-c2ccccn2)n1. The van der Waals surface area contributed by atoms with Crippen LogP contribution in [0.4, 0.5) is 10.1 Å². The van der Waals surface area contributed by atoms with Gasteiger partial charge < -0.3 is 5.32 Å². The number of pyridine rings is 1. The first kappa shape index (κ1) is 19.8. The predicted molar refractivity (Wildman–Crippen MR) is 119 cm³/mol. The van der Waals surface area contributed by atoms with E-state index in [-0.39, 0.29) is 5.82 Å². The van der Waals surface area contributed by atoms with Gasteiger partial charge in [0.15, 0.2) is 5.82 Å². The maximum absolute atomic E-state index is 13.8. The van der Waals surface area contributed by atoms with E-state index >= 15 is 0 Å². The van der Waals surface area contributed by atoms with Crippen LogP contribution >= 0.6 is 11.3 Å². The molecule has 4 aromatic heterocycles. The molecule has 0 saturated carbocycles. The van der Waals surface area contributed by atoms with Gasteiger partial charge in [-0.2, -0.15) is 5.10 Å². The van der Waals surface area contributed by atoms with Crippen molar-refractivity contribution in [1.29, 1.82) is 0 Å². The molecule has 0 aliphatic carbocycles. The standard InChI is InChI=1S/C22H16FN7OS/c1-29-13-17(19(27-29)16-8-2-3-10-24-16)25-22(31)20-26-21(18-9-5-11-32-18)30(28-20)15-7-4-6-14(23)12-15/h2-13H,1H3,(H,25,31). The second-order valence-electron chi connectivity index (χ2n) is 6.86. The molecule has 0 aliphatic rings. The lowest BCUT2D eigenvalue weighted by atomic mass is 10.2. The van der Waals surface area contributed by atoms with E-state index in [0.29, 0.717) is 28.6 Å². The largest absolute Gasteiger partial charge is 0.316 e. The van der Waals surface area contributed by atoms with Gasteiger partial charge >= 0.3 is 0 Å². The van der Waals surface area contributed by atoms with Crippen molar-refractivity contribution in [2.24, 2.45) is 7.05 Å².